The summed E-state index contributed by atoms with van der Waals surface area (Å²) in [6, 6.07) is 7.99. The maximum atomic E-state index is 5.79. The fourth-order valence-corrected chi connectivity index (χ4v) is 1.78. The van der Waals surface area contributed by atoms with Gasteiger partial charge in [0.05, 0.1) is 6.20 Å². The molecular formula is C14H14ClNO. The molecule has 3 heteroatoms. The Morgan fingerprint density at radius 1 is 1.18 bits per heavy atom. The Kier molecular flexibility index (Phi) is 3.64. The number of pyridine rings is 1. The van der Waals surface area contributed by atoms with Gasteiger partial charge in [0.2, 0.25) is 0 Å². The van der Waals surface area contributed by atoms with Crippen LogP contribution in [0.25, 0.3) is 0 Å². The first-order chi connectivity index (χ1) is 8.19. The molecule has 0 aliphatic heterocycles. The first-order valence-corrected chi connectivity index (χ1v) is 5.97. The van der Waals surface area contributed by atoms with Crippen LogP contribution in [0.1, 0.15) is 16.7 Å². The van der Waals surface area contributed by atoms with Crippen LogP contribution in [0.4, 0.5) is 0 Å². The van der Waals surface area contributed by atoms with Crippen molar-refractivity contribution in [3.05, 3.63) is 53.3 Å². The van der Waals surface area contributed by atoms with Crippen molar-refractivity contribution < 1.29 is 4.74 Å². The number of aryl methyl sites for hydroxylation is 2. The van der Waals surface area contributed by atoms with Gasteiger partial charge in [0, 0.05) is 12.1 Å². The van der Waals surface area contributed by atoms with Crippen LogP contribution in [0.3, 0.4) is 0 Å². The fourth-order valence-electron chi connectivity index (χ4n) is 1.63. The lowest BCUT2D eigenvalue weighted by Gasteiger charge is -2.09. The highest BCUT2D eigenvalue weighted by molar-refractivity contribution is 6.17. The maximum Gasteiger partial charge on any atom is 0.146 e. The van der Waals surface area contributed by atoms with Crippen molar-refractivity contribution in [1.29, 1.82) is 0 Å². The van der Waals surface area contributed by atoms with Crippen molar-refractivity contribution in [3.8, 4) is 11.5 Å². The number of ether oxygens (including phenoxy) is 1. The van der Waals surface area contributed by atoms with Gasteiger partial charge in [-0.2, -0.15) is 0 Å². The standard InChI is InChI=1S/C14H14ClNO/c1-10-3-4-14(11(2)5-10)17-13-6-12(7-15)8-16-9-13/h3-6,8-9H,7H2,1-2H3. The van der Waals surface area contributed by atoms with Crippen LogP contribution in [-0.2, 0) is 5.88 Å². The van der Waals surface area contributed by atoms with E-state index in [0.29, 0.717) is 5.88 Å². The molecule has 1 aromatic carbocycles. The van der Waals surface area contributed by atoms with E-state index in [1.165, 1.54) is 5.56 Å². The van der Waals surface area contributed by atoms with Crippen LogP contribution in [0.5, 0.6) is 11.5 Å². The summed E-state index contributed by atoms with van der Waals surface area (Å²) < 4.78 is 5.79. The zero-order valence-electron chi connectivity index (χ0n) is 9.90. The predicted octanol–water partition coefficient (Wildman–Crippen LogP) is 4.23. The summed E-state index contributed by atoms with van der Waals surface area (Å²) in [7, 11) is 0. The van der Waals surface area contributed by atoms with Crippen molar-refractivity contribution in [2.75, 3.05) is 0 Å². The first-order valence-electron chi connectivity index (χ1n) is 5.44. The van der Waals surface area contributed by atoms with Crippen molar-refractivity contribution in [2.45, 2.75) is 19.7 Å². The minimum Gasteiger partial charge on any atom is -0.455 e. The van der Waals surface area contributed by atoms with Gasteiger partial charge in [-0.3, -0.25) is 4.98 Å². The van der Waals surface area contributed by atoms with Gasteiger partial charge in [-0.1, -0.05) is 17.7 Å². The molecule has 0 N–H and O–H groups in total. The number of alkyl halides is 1. The van der Waals surface area contributed by atoms with Crippen LogP contribution in [-0.4, -0.2) is 4.98 Å². The zero-order valence-corrected chi connectivity index (χ0v) is 10.7. The summed E-state index contributed by atoms with van der Waals surface area (Å²) >= 11 is 5.76. The molecule has 17 heavy (non-hydrogen) atoms. The Bertz CT molecular complexity index is 525. The van der Waals surface area contributed by atoms with E-state index in [4.69, 9.17) is 16.3 Å². The molecule has 2 rings (SSSR count). The molecule has 0 radical (unpaired) electrons. The number of benzene rings is 1. The molecule has 1 heterocycles. The fraction of sp³-hybridized carbons (Fsp3) is 0.214. The SMILES string of the molecule is Cc1ccc(Oc2cncc(CCl)c2)c(C)c1. The molecule has 2 aromatic rings. The molecule has 0 saturated heterocycles. The minimum absolute atomic E-state index is 0.442. The lowest BCUT2D eigenvalue weighted by atomic mass is 10.1. The average molecular weight is 248 g/mol. The Morgan fingerprint density at radius 3 is 2.71 bits per heavy atom. The summed E-state index contributed by atoms with van der Waals surface area (Å²) in [6.45, 7) is 4.09. The molecule has 0 spiro atoms. The van der Waals surface area contributed by atoms with Gasteiger partial charge in [-0.15, -0.1) is 11.6 Å². The third kappa shape index (κ3) is 2.98. The second-order valence-electron chi connectivity index (χ2n) is 4.03. The van der Waals surface area contributed by atoms with Crippen LogP contribution in [0, 0.1) is 13.8 Å². The predicted molar refractivity (Wildman–Crippen MR) is 69.8 cm³/mol. The van der Waals surface area contributed by atoms with Gasteiger partial charge in [-0.25, -0.2) is 0 Å². The van der Waals surface area contributed by atoms with E-state index >= 15 is 0 Å². The topological polar surface area (TPSA) is 22.1 Å². The molecule has 88 valence electrons. The molecule has 0 aliphatic rings. The van der Waals surface area contributed by atoms with Gasteiger partial charge < -0.3 is 4.74 Å². The Labute approximate surface area is 106 Å². The van der Waals surface area contributed by atoms with Crippen molar-refractivity contribution in [3.63, 3.8) is 0 Å². The highest BCUT2D eigenvalue weighted by Gasteiger charge is 2.02. The second kappa shape index (κ2) is 5.19. The lowest BCUT2D eigenvalue weighted by Crippen LogP contribution is -1.90. The monoisotopic (exact) mass is 247 g/mol. The molecular weight excluding hydrogens is 234 g/mol. The van der Waals surface area contributed by atoms with Crippen LogP contribution in [0.2, 0.25) is 0 Å². The number of halogens is 1. The molecule has 0 bridgehead atoms. The quantitative estimate of drug-likeness (QED) is 0.758. The van der Waals surface area contributed by atoms with E-state index in [1.54, 1.807) is 12.4 Å². The summed E-state index contributed by atoms with van der Waals surface area (Å²) in [5.41, 5.74) is 3.29. The minimum atomic E-state index is 0.442. The van der Waals surface area contributed by atoms with Gasteiger partial charge in [0.25, 0.3) is 0 Å². The first kappa shape index (κ1) is 11.9. The highest BCUT2D eigenvalue weighted by Crippen LogP contribution is 2.25. The normalized spacial score (nSPS) is 10.3. The zero-order chi connectivity index (χ0) is 12.3. The highest BCUT2D eigenvalue weighted by atomic mass is 35.5. The van der Waals surface area contributed by atoms with Crippen molar-refractivity contribution >= 4 is 11.6 Å². The smallest absolute Gasteiger partial charge is 0.146 e. The molecule has 0 atom stereocenters. The summed E-state index contributed by atoms with van der Waals surface area (Å²) in [6.07, 6.45) is 3.43. The maximum absolute atomic E-state index is 5.79. The van der Waals surface area contributed by atoms with Crippen LogP contribution in [0.15, 0.2) is 36.7 Å². The van der Waals surface area contributed by atoms with E-state index in [0.717, 1.165) is 22.6 Å². The molecule has 0 aliphatic carbocycles. The second-order valence-corrected chi connectivity index (χ2v) is 4.30. The number of rotatable bonds is 3. The van der Waals surface area contributed by atoms with Crippen molar-refractivity contribution in [2.24, 2.45) is 0 Å². The third-order valence-electron chi connectivity index (χ3n) is 2.48. The van der Waals surface area contributed by atoms with Crippen molar-refractivity contribution in [1.82, 2.24) is 4.98 Å². The molecule has 1 aromatic heterocycles. The van der Waals surface area contributed by atoms with Crippen LogP contribution < -0.4 is 4.74 Å². The van der Waals surface area contributed by atoms with Gasteiger partial charge in [0.15, 0.2) is 0 Å². The molecule has 0 saturated carbocycles. The molecule has 0 unspecified atom stereocenters. The number of hydrogen-bond donors (Lipinski definition) is 0. The summed E-state index contributed by atoms with van der Waals surface area (Å²) in [5.74, 6) is 2.01. The van der Waals surface area contributed by atoms with Gasteiger partial charge in [0.1, 0.15) is 11.5 Å². The van der Waals surface area contributed by atoms with E-state index in [9.17, 15) is 0 Å². The Morgan fingerprint density at radius 2 is 2.00 bits per heavy atom. The summed E-state index contributed by atoms with van der Waals surface area (Å²) in [5, 5.41) is 0. The van der Waals surface area contributed by atoms with Crippen LogP contribution >= 0.6 is 11.6 Å². The third-order valence-corrected chi connectivity index (χ3v) is 2.79. The van der Waals surface area contributed by atoms with E-state index in [-0.39, 0.29) is 0 Å². The molecule has 0 fully saturated rings. The lowest BCUT2D eigenvalue weighted by molar-refractivity contribution is 0.476. The van der Waals surface area contributed by atoms with E-state index in [2.05, 4.69) is 18.0 Å². The Balaban J connectivity index is 2.25. The molecule has 0 amide bonds. The number of nitrogens with zero attached hydrogens (tertiary/aromatic N) is 1. The largest absolute Gasteiger partial charge is 0.455 e. The van der Waals surface area contributed by atoms with E-state index in [1.807, 2.05) is 25.1 Å². The number of aromatic nitrogens is 1. The molecule has 2 nitrogen and oxygen atoms in total. The summed E-state index contributed by atoms with van der Waals surface area (Å²) in [4.78, 5) is 4.09. The van der Waals surface area contributed by atoms with Gasteiger partial charge >= 0.3 is 0 Å². The van der Waals surface area contributed by atoms with Gasteiger partial charge in [-0.05, 0) is 37.1 Å². The average Bonchev–Trinajstić information content (AvgIpc) is 2.33. The van der Waals surface area contributed by atoms with E-state index < -0.39 is 0 Å². The number of hydrogen-bond acceptors (Lipinski definition) is 2. The Hall–Kier alpha value is -1.54.